The molecule has 0 aromatic carbocycles. The molecule has 0 bridgehead atoms. The van der Waals surface area contributed by atoms with E-state index in [2.05, 4.69) is 23.2 Å². The van der Waals surface area contributed by atoms with Crippen LogP contribution in [0.3, 0.4) is 0 Å². The minimum absolute atomic E-state index is 0.614. The van der Waals surface area contributed by atoms with Crippen LogP contribution >= 0.6 is 0 Å². The van der Waals surface area contributed by atoms with Crippen molar-refractivity contribution in [3.05, 3.63) is 23.2 Å². The van der Waals surface area contributed by atoms with E-state index in [-0.39, 0.29) is 0 Å². The maximum absolute atomic E-state index is 5.91. The summed E-state index contributed by atoms with van der Waals surface area (Å²) in [6, 6.07) is 2.80. The van der Waals surface area contributed by atoms with Gasteiger partial charge in [0.05, 0.1) is 13.2 Å². The van der Waals surface area contributed by atoms with E-state index in [1.807, 2.05) is 14.0 Å². The van der Waals surface area contributed by atoms with Crippen LogP contribution in [0.4, 0.5) is 0 Å². The first-order valence-corrected chi connectivity index (χ1v) is 7.61. The first-order chi connectivity index (χ1) is 9.65. The minimum Gasteiger partial charge on any atom is -0.465 e. The molecule has 4 nitrogen and oxygen atoms in total. The van der Waals surface area contributed by atoms with E-state index < -0.39 is 0 Å². The molecule has 1 aliphatic carbocycles. The van der Waals surface area contributed by atoms with Gasteiger partial charge in [0, 0.05) is 31.8 Å². The van der Waals surface area contributed by atoms with Gasteiger partial charge in [0.25, 0.3) is 0 Å². The molecule has 1 N–H and O–H groups in total. The van der Waals surface area contributed by atoms with Crippen molar-refractivity contribution in [3.63, 3.8) is 0 Å². The molecule has 1 aromatic rings. The van der Waals surface area contributed by atoms with Crippen LogP contribution in [0.1, 0.15) is 36.8 Å². The van der Waals surface area contributed by atoms with Gasteiger partial charge >= 0.3 is 0 Å². The fourth-order valence-electron chi connectivity index (χ4n) is 2.74. The summed E-state index contributed by atoms with van der Waals surface area (Å²) >= 11 is 0. The highest BCUT2D eigenvalue weighted by atomic mass is 16.5. The van der Waals surface area contributed by atoms with Crippen molar-refractivity contribution in [2.45, 2.75) is 45.8 Å². The lowest BCUT2D eigenvalue weighted by atomic mass is 10.1. The summed E-state index contributed by atoms with van der Waals surface area (Å²) in [7, 11) is 3.73. The quantitative estimate of drug-likeness (QED) is 0.754. The molecule has 0 saturated heterocycles. The predicted molar refractivity (Wildman–Crippen MR) is 80.7 cm³/mol. The summed E-state index contributed by atoms with van der Waals surface area (Å²) in [5, 5.41) is 3.18. The van der Waals surface area contributed by atoms with Crippen LogP contribution in [0.2, 0.25) is 0 Å². The van der Waals surface area contributed by atoms with Gasteiger partial charge < -0.3 is 14.5 Å². The van der Waals surface area contributed by atoms with E-state index in [1.54, 1.807) is 7.11 Å². The van der Waals surface area contributed by atoms with E-state index >= 15 is 0 Å². The zero-order valence-corrected chi connectivity index (χ0v) is 13.2. The molecule has 20 heavy (non-hydrogen) atoms. The number of rotatable bonds is 9. The summed E-state index contributed by atoms with van der Waals surface area (Å²) in [6.45, 7) is 7.87. The Bertz CT molecular complexity index is 413. The SMILES string of the molecule is CNCc1cc(CN(CCOC)C(C)C2CC2)oc1C. The molecule has 0 spiro atoms. The van der Waals surface area contributed by atoms with Crippen LogP contribution in [0.15, 0.2) is 10.5 Å². The second kappa shape index (κ2) is 7.25. The lowest BCUT2D eigenvalue weighted by Gasteiger charge is -2.28. The van der Waals surface area contributed by atoms with Crippen molar-refractivity contribution in [2.24, 2.45) is 5.92 Å². The van der Waals surface area contributed by atoms with E-state index in [0.29, 0.717) is 6.04 Å². The van der Waals surface area contributed by atoms with Crippen LogP contribution in [-0.2, 0) is 17.8 Å². The number of ether oxygens (including phenoxy) is 1. The lowest BCUT2D eigenvalue weighted by Crippen LogP contribution is -2.36. The van der Waals surface area contributed by atoms with Crippen molar-refractivity contribution in [1.82, 2.24) is 10.2 Å². The van der Waals surface area contributed by atoms with E-state index in [1.165, 1.54) is 18.4 Å². The van der Waals surface area contributed by atoms with Crippen LogP contribution in [-0.4, -0.2) is 38.3 Å². The van der Waals surface area contributed by atoms with Gasteiger partial charge in [-0.25, -0.2) is 0 Å². The Kier molecular flexibility index (Phi) is 5.64. The Balaban J connectivity index is 2.00. The Morgan fingerprint density at radius 2 is 2.25 bits per heavy atom. The van der Waals surface area contributed by atoms with E-state index in [9.17, 15) is 0 Å². The highest BCUT2D eigenvalue weighted by Crippen LogP contribution is 2.35. The van der Waals surface area contributed by atoms with Crippen LogP contribution in [0, 0.1) is 12.8 Å². The van der Waals surface area contributed by atoms with Crippen LogP contribution in [0.5, 0.6) is 0 Å². The third kappa shape index (κ3) is 4.08. The molecule has 1 fully saturated rings. The second-order valence-corrected chi connectivity index (χ2v) is 5.87. The maximum Gasteiger partial charge on any atom is 0.118 e. The number of hydrogen-bond acceptors (Lipinski definition) is 4. The average Bonchev–Trinajstić information content (AvgIpc) is 3.21. The molecule has 1 heterocycles. The molecule has 0 amide bonds. The molecule has 114 valence electrons. The van der Waals surface area contributed by atoms with Gasteiger partial charge in [-0.05, 0) is 45.7 Å². The minimum atomic E-state index is 0.614. The standard InChI is InChI=1S/C16H28N2O2/c1-12(14-5-6-14)18(7-8-19-4)11-16-9-15(10-17-3)13(2)20-16/h9,12,14,17H,5-8,10-11H2,1-4H3. The topological polar surface area (TPSA) is 37.6 Å². The molecule has 0 radical (unpaired) electrons. The number of aryl methyl sites for hydroxylation is 1. The molecular weight excluding hydrogens is 252 g/mol. The third-order valence-electron chi connectivity index (χ3n) is 4.26. The Labute approximate surface area is 122 Å². The molecule has 1 unspecified atom stereocenters. The van der Waals surface area contributed by atoms with Gasteiger partial charge in [0.1, 0.15) is 11.5 Å². The summed E-state index contributed by atoms with van der Waals surface area (Å²) < 4.78 is 11.2. The third-order valence-corrected chi connectivity index (χ3v) is 4.26. The highest BCUT2D eigenvalue weighted by molar-refractivity contribution is 5.20. The number of methoxy groups -OCH3 is 1. The maximum atomic E-state index is 5.91. The van der Waals surface area contributed by atoms with Gasteiger partial charge in [0.2, 0.25) is 0 Å². The van der Waals surface area contributed by atoms with Gasteiger partial charge in [-0.2, -0.15) is 0 Å². The normalized spacial score (nSPS) is 16.9. The largest absolute Gasteiger partial charge is 0.465 e. The Hall–Kier alpha value is -0.840. The first kappa shape index (κ1) is 15.5. The van der Waals surface area contributed by atoms with Crippen LogP contribution < -0.4 is 5.32 Å². The monoisotopic (exact) mass is 280 g/mol. The highest BCUT2D eigenvalue weighted by Gasteiger charge is 2.32. The number of nitrogens with zero attached hydrogens (tertiary/aromatic N) is 1. The van der Waals surface area contributed by atoms with Gasteiger partial charge in [-0.3, -0.25) is 4.90 Å². The van der Waals surface area contributed by atoms with Gasteiger partial charge in [-0.1, -0.05) is 0 Å². The van der Waals surface area contributed by atoms with Crippen molar-refractivity contribution in [2.75, 3.05) is 27.3 Å². The molecule has 0 aliphatic heterocycles. The Morgan fingerprint density at radius 3 is 2.85 bits per heavy atom. The molecule has 1 aliphatic rings. The van der Waals surface area contributed by atoms with Crippen molar-refractivity contribution < 1.29 is 9.15 Å². The molecule has 1 aromatic heterocycles. The molecule has 4 heteroatoms. The molecule has 1 saturated carbocycles. The summed E-state index contributed by atoms with van der Waals surface area (Å²) in [5.41, 5.74) is 1.26. The van der Waals surface area contributed by atoms with Crippen LogP contribution in [0.25, 0.3) is 0 Å². The van der Waals surface area contributed by atoms with Gasteiger partial charge in [0.15, 0.2) is 0 Å². The summed E-state index contributed by atoms with van der Waals surface area (Å²) in [5.74, 6) is 2.95. The zero-order valence-electron chi connectivity index (χ0n) is 13.2. The van der Waals surface area contributed by atoms with Gasteiger partial charge in [-0.15, -0.1) is 0 Å². The fourth-order valence-corrected chi connectivity index (χ4v) is 2.74. The fraction of sp³-hybridized carbons (Fsp3) is 0.750. The Morgan fingerprint density at radius 1 is 1.50 bits per heavy atom. The smallest absolute Gasteiger partial charge is 0.118 e. The van der Waals surface area contributed by atoms with Crippen molar-refractivity contribution in [3.8, 4) is 0 Å². The summed E-state index contributed by atoms with van der Waals surface area (Å²) in [4.78, 5) is 2.49. The van der Waals surface area contributed by atoms with E-state index in [4.69, 9.17) is 9.15 Å². The van der Waals surface area contributed by atoms with Crippen molar-refractivity contribution >= 4 is 0 Å². The first-order valence-electron chi connectivity index (χ1n) is 7.61. The number of nitrogens with one attached hydrogen (secondary N) is 1. The number of hydrogen-bond donors (Lipinski definition) is 1. The molecule has 1 atom stereocenters. The predicted octanol–water partition coefficient (Wildman–Crippen LogP) is 2.55. The van der Waals surface area contributed by atoms with Crippen molar-refractivity contribution in [1.29, 1.82) is 0 Å². The molecular formula is C16H28N2O2. The van der Waals surface area contributed by atoms with E-state index in [0.717, 1.165) is 43.7 Å². The zero-order chi connectivity index (χ0) is 14.5. The average molecular weight is 280 g/mol. The second-order valence-electron chi connectivity index (χ2n) is 5.87. The lowest BCUT2D eigenvalue weighted by molar-refractivity contribution is 0.105. The molecule has 2 rings (SSSR count). The summed E-state index contributed by atoms with van der Waals surface area (Å²) in [6.07, 6.45) is 2.74. The number of furan rings is 1.